The Hall–Kier alpha value is -1.75. The molecule has 0 bridgehead atoms. The van der Waals surface area contributed by atoms with Crippen LogP contribution in [0.25, 0.3) is 6.08 Å². The standard InChI is InChI=1S/C16H13N3O3S4/c20-12(17-19-13(21)9-25-16(19)24)6-7-18-14(22)11(26-15(18)23)8-10-4-2-1-3-5-10/h1-5,8H,6-7,9H2,(H,17,20)/b11-8-. The number of amides is 3. The van der Waals surface area contributed by atoms with Crippen LogP contribution in [0.3, 0.4) is 0 Å². The van der Waals surface area contributed by atoms with Crippen molar-refractivity contribution in [2.24, 2.45) is 0 Å². The van der Waals surface area contributed by atoms with Crippen LogP contribution in [0.15, 0.2) is 35.2 Å². The lowest BCUT2D eigenvalue weighted by molar-refractivity contribution is -0.134. The number of benzene rings is 1. The number of carbonyl (C=O) groups excluding carboxylic acids is 3. The normalized spacial score (nSPS) is 19.0. The summed E-state index contributed by atoms with van der Waals surface area (Å²) in [7, 11) is 0. The number of hydrogen-bond acceptors (Lipinski definition) is 7. The third-order valence-corrected chi connectivity index (χ3v) is 6.26. The molecule has 134 valence electrons. The summed E-state index contributed by atoms with van der Waals surface area (Å²) in [6.07, 6.45) is 1.79. The Kier molecular flexibility index (Phi) is 6.07. The zero-order valence-corrected chi connectivity index (χ0v) is 16.6. The first-order chi connectivity index (χ1) is 12.5. The van der Waals surface area contributed by atoms with Gasteiger partial charge in [0.05, 0.1) is 10.7 Å². The van der Waals surface area contributed by atoms with Crippen molar-refractivity contribution in [3.8, 4) is 0 Å². The topological polar surface area (TPSA) is 69.7 Å². The number of nitrogens with one attached hydrogen (secondary N) is 1. The molecule has 26 heavy (non-hydrogen) atoms. The summed E-state index contributed by atoms with van der Waals surface area (Å²) in [5.41, 5.74) is 3.37. The summed E-state index contributed by atoms with van der Waals surface area (Å²) < 4.78 is 0.730. The minimum absolute atomic E-state index is 0.0160. The van der Waals surface area contributed by atoms with Crippen molar-refractivity contribution in [2.45, 2.75) is 6.42 Å². The third kappa shape index (κ3) is 4.32. The maximum atomic E-state index is 12.5. The van der Waals surface area contributed by atoms with Crippen LogP contribution in [0.5, 0.6) is 0 Å². The van der Waals surface area contributed by atoms with Gasteiger partial charge in [0.15, 0.2) is 4.32 Å². The molecule has 3 amide bonds. The first-order valence-corrected chi connectivity index (χ1v) is 10.2. The molecule has 10 heteroatoms. The molecule has 0 unspecified atom stereocenters. The monoisotopic (exact) mass is 423 g/mol. The lowest BCUT2D eigenvalue weighted by Crippen LogP contribution is -2.46. The molecule has 0 radical (unpaired) electrons. The van der Waals surface area contributed by atoms with Gasteiger partial charge in [-0.3, -0.25) is 24.7 Å². The van der Waals surface area contributed by atoms with Crippen LogP contribution in [0.2, 0.25) is 0 Å². The highest BCUT2D eigenvalue weighted by molar-refractivity contribution is 8.26. The smallest absolute Gasteiger partial charge is 0.266 e. The van der Waals surface area contributed by atoms with Crippen molar-refractivity contribution < 1.29 is 14.4 Å². The number of hydrazine groups is 1. The molecule has 2 aliphatic heterocycles. The van der Waals surface area contributed by atoms with E-state index in [1.807, 2.05) is 30.3 Å². The molecule has 0 saturated carbocycles. The van der Waals surface area contributed by atoms with Gasteiger partial charge in [-0.2, -0.15) is 0 Å². The molecular weight excluding hydrogens is 410 g/mol. The number of thiocarbonyl (C=S) groups is 2. The second kappa shape index (κ2) is 8.30. The summed E-state index contributed by atoms with van der Waals surface area (Å²) >= 11 is 12.7. The fourth-order valence-electron chi connectivity index (χ4n) is 2.25. The molecular formula is C16H13N3O3S4. The van der Waals surface area contributed by atoms with Gasteiger partial charge < -0.3 is 0 Å². The molecule has 1 aromatic carbocycles. The summed E-state index contributed by atoms with van der Waals surface area (Å²) in [5.74, 6) is -0.660. The lowest BCUT2D eigenvalue weighted by atomic mass is 10.2. The molecule has 6 nitrogen and oxygen atoms in total. The van der Waals surface area contributed by atoms with Crippen molar-refractivity contribution in [3.63, 3.8) is 0 Å². The van der Waals surface area contributed by atoms with Crippen LogP contribution < -0.4 is 5.43 Å². The largest absolute Gasteiger partial charge is 0.292 e. The first kappa shape index (κ1) is 19.0. The van der Waals surface area contributed by atoms with Crippen LogP contribution in [0, 0.1) is 0 Å². The fourth-order valence-corrected chi connectivity index (χ4v) is 4.54. The Balaban J connectivity index is 1.58. The molecule has 0 spiro atoms. The fraction of sp³-hybridized carbons (Fsp3) is 0.188. The van der Waals surface area contributed by atoms with E-state index in [1.165, 1.54) is 28.4 Å². The van der Waals surface area contributed by atoms with Gasteiger partial charge >= 0.3 is 0 Å². The quantitative estimate of drug-likeness (QED) is 0.575. The van der Waals surface area contributed by atoms with E-state index in [-0.39, 0.29) is 30.5 Å². The van der Waals surface area contributed by atoms with Crippen molar-refractivity contribution >= 4 is 80.4 Å². The predicted molar refractivity (Wildman–Crippen MR) is 111 cm³/mol. The average molecular weight is 424 g/mol. The Bertz CT molecular complexity index is 809. The summed E-state index contributed by atoms with van der Waals surface area (Å²) in [6, 6.07) is 9.47. The summed E-state index contributed by atoms with van der Waals surface area (Å²) in [4.78, 5) is 38.1. The highest BCUT2D eigenvalue weighted by Crippen LogP contribution is 2.32. The van der Waals surface area contributed by atoms with Crippen molar-refractivity contribution in [1.29, 1.82) is 0 Å². The van der Waals surface area contributed by atoms with Gasteiger partial charge in [-0.1, -0.05) is 78.3 Å². The predicted octanol–water partition coefficient (Wildman–Crippen LogP) is 2.17. The molecule has 0 aromatic heterocycles. The van der Waals surface area contributed by atoms with Gasteiger partial charge in [0, 0.05) is 13.0 Å². The maximum Gasteiger partial charge on any atom is 0.266 e. The number of nitrogens with zero attached hydrogens (tertiary/aromatic N) is 2. The average Bonchev–Trinajstić information content (AvgIpc) is 3.07. The number of thioether (sulfide) groups is 2. The van der Waals surface area contributed by atoms with E-state index in [0.29, 0.717) is 13.5 Å². The maximum absolute atomic E-state index is 12.5. The van der Waals surface area contributed by atoms with E-state index in [9.17, 15) is 14.4 Å². The zero-order chi connectivity index (χ0) is 18.7. The van der Waals surface area contributed by atoms with E-state index in [4.69, 9.17) is 24.4 Å². The van der Waals surface area contributed by atoms with Gasteiger partial charge in [0.1, 0.15) is 4.32 Å². The van der Waals surface area contributed by atoms with E-state index < -0.39 is 5.91 Å². The summed E-state index contributed by atoms with van der Waals surface area (Å²) in [5, 5.41) is 1.07. The van der Waals surface area contributed by atoms with Crippen LogP contribution >= 0.6 is 48.0 Å². The molecule has 0 atom stereocenters. The highest BCUT2D eigenvalue weighted by Gasteiger charge is 2.33. The molecule has 2 aliphatic rings. The zero-order valence-electron chi connectivity index (χ0n) is 13.3. The van der Waals surface area contributed by atoms with Gasteiger partial charge in [-0.05, 0) is 11.6 Å². The van der Waals surface area contributed by atoms with Crippen molar-refractivity contribution in [2.75, 3.05) is 12.3 Å². The minimum atomic E-state index is -0.399. The van der Waals surface area contributed by atoms with Crippen molar-refractivity contribution in [1.82, 2.24) is 15.3 Å². The van der Waals surface area contributed by atoms with E-state index in [1.54, 1.807) is 6.08 Å². The number of rotatable bonds is 5. The minimum Gasteiger partial charge on any atom is -0.292 e. The van der Waals surface area contributed by atoms with Gasteiger partial charge in [-0.25, -0.2) is 5.01 Å². The number of carbonyl (C=O) groups is 3. The van der Waals surface area contributed by atoms with E-state index in [0.717, 1.165) is 10.6 Å². The lowest BCUT2D eigenvalue weighted by Gasteiger charge is -2.18. The van der Waals surface area contributed by atoms with Gasteiger partial charge in [-0.15, -0.1) is 0 Å². The third-order valence-electron chi connectivity index (χ3n) is 3.52. The highest BCUT2D eigenvalue weighted by atomic mass is 32.2. The molecule has 2 fully saturated rings. The molecule has 2 heterocycles. The van der Waals surface area contributed by atoms with Gasteiger partial charge in [0.25, 0.3) is 11.8 Å². The molecule has 1 N–H and O–H groups in total. The Morgan fingerprint density at radius 3 is 2.58 bits per heavy atom. The SMILES string of the molecule is O=C(CCN1C(=O)/C(=C/c2ccccc2)SC1=S)NN1C(=O)CSC1=S. The van der Waals surface area contributed by atoms with Crippen LogP contribution in [0.4, 0.5) is 0 Å². The Morgan fingerprint density at radius 1 is 1.19 bits per heavy atom. The van der Waals surface area contributed by atoms with Crippen LogP contribution in [-0.2, 0) is 14.4 Å². The summed E-state index contributed by atoms with van der Waals surface area (Å²) in [6.45, 7) is 0.143. The van der Waals surface area contributed by atoms with E-state index in [2.05, 4.69) is 5.43 Å². The molecule has 0 aliphatic carbocycles. The molecule has 1 aromatic rings. The van der Waals surface area contributed by atoms with Crippen LogP contribution in [0.1, 0.15) is 12.0 Å². The Morgan fingerprint density at radius 2 is 1.92 bits per heavy atom. The van der Waals surface area contributed by atoms with E-state index >= 15 is 0 Å². The van der Waals surface area contributed by atoms with Crippen LogP contribution in [-0.4, -0.2) is 48.6 Å². The number of hydrogen-bond donors (Lipinski definition) is 1. The van der Waals surface area contributed by atoms with Crippen molar-refractivity contribution in [3.05, 3.63) is 40.8 Å². The first-order valence-electron chi connectivity index (χ1n) is 7.55. The second-order valence-corrected chi connectivity index (χ2v) is 8.60. The Labute approximate surface area is 169 Å². The second-order valence-electron chi connectivity index (χ2n) is 5.31. The van der Waals surface area contributed by atoms with Gasteiger partial charge in [0.2, 0.25) is 5.91 Å². The molecule has 2 saturated heterocycles. The molecule has 3 rings (SSSR count).